The third-order valence-electron chi connectivity index (χ3n) is 2.40. The van der Waals surface area contributed by atoms with Gasteiger partial charge in [-0.1, -0.05) is 0 Å². The molecule has 0 unspecified atom stereocenters. The summed E-state index contributed by atoms with van der Waals surface area (Å²) in [6.07, 6.45) is 0. The molecule has 0 aliphatic rings. The van der Waals surface area contributed by atoms with Crippen molar-refractivity contribution < 1.29 is 15.3 Å². The van der Waals surface area contributed by atoms with E-state index in [1.165, 1.54) is 0 Å². The summed E-state index contributed by atoms with van der Waals surface area (Å²) in [6, 6.07) is 1.63. The third kappa shape index (κ3) is 3.26. The number of nitrogens with zero attached hydrogens (tertiary/aromatic N) is 2. The maximum Gasteiger partial charge on any atom is 0.132 e. The van der Waals surface area contributed by atoms with Crippen molar-refractivity contribution in [3.63, 3.8) is 0 Å². The fraction of sp³-hybridized carbons (Fsp3) is 0.600. The van der Waals surface area contributed by atoms with Crippen LogP contribution >= 0.6 is 0 Å². The fourth-order valence-corrected chi connectivity index (χ4v) is 1.30. The van der Waals surface area contributed by atoms with Crippen LogP contribution in [0.5, 0.6) is 0 Å². The second-order valence-electron chi connectivity index (χ2n) is 3.82. The van der Waals surface area contributed by atoms with Gasteiger partial charge in [0, 0.05) is 13.1 Å². The molecule has 0 atom stereocenters. The second-order valence-corrected chi connectivity index (χ2v) is 3.82. The predicted molar refractivity (Wildman–Crippen MR) is 63.9 cm³/mol. The van der Waals surface area contributed by atoms with Crippen molar-refractivity contribution in [3.8, 4) is 0 Å². The molecule has 0 aliphatic heterocycles. The molecule has 0 fully saturated rings. The minimum Gasteiger partial charge on any atom is -0.394 e. The molecule has 1 aromatic rings. The Morgan fingerprint density at radius 2 is 1.65 bits per heavy atom. The zero-order valence-corrected chi connectivity index (χ0v) is 9.93. The molecule has 0 saturated carbocycles. The molecule has 0 aromatic carbocycles. The Bertz CT molecular complexity index is 360. The Morgan fingerprint density at radius 1 is 1.12 bits per heavy atom. The van der Waals surface area contributed by atoms with E-state index in [4.69, 9.17) is 0 Å². The highest BCUT2D eigenvalue weighted by Gasteiger charge is 2.28. The van der Waals surface area contributed by atoms with Crippen LogP contribution in [0.25, 0.3) is 0 Å². The van der Waals surface area contributed by atoms with E-state index >= 15 is 0 Å². The van der Waals surface area contributed by atoms with Gasteiger partial charge in [-0.3, -0.25) is 0 Å². The summed E-state index contributed by atoms with van der Waals surface area (Å²) < 4.78 is 0. The van der Waals surface area contributed by atoms with E-state index in [1.54, 1.807) is 20.0 Å². The van der Waals surface area contributed by atoms with Gasteiger partial charge in [-0.2, -0.15) is 0 Å². The van der Waals surface area contributed by atoms with Crippen LogP contribution in [0.1, 0.15) is 5.82 Å². The topological polar surface area (TPSA) is 111 Å². The van der Waals surface area contributed by atoms with Crippen LogP contribution < -0.4 is 10.6 Å². The quantitative estimate of drug-likeness (QED) is 0.433. The van der Waals surface area contributed by atoms with Gasteiger partial charge in [0.25, 0.3) is 0 Å². The molecule has 1 rings (SSSR count). The number of rotatable bonds is 6. The monoisotopic (exact) mass is 242 g/mol. The first-order valence-corrected chi connectivity index (χ1v) is 5.23. The number of hydrogen-bond donors (Lipinski definition) is 5. The Hall–Kier alpha value is -1.44. The summed E-state index contributed by atoms with van der Waals surface area (Å²) in [4.78, 5) is 8.23. The van der Waals surface area contributed by atoms with Crippen molar-refractivity contribution in [1.82, 2.24) is 9.97 Å². The van der Waals surface area contributed by atoms with Crippen molar-refractivity contribution in [1.29, 1.82) is 0 Å². The van der Waals surface area contributed by atoms with Crippen molar-refractivity contribution in [2.45, 2.75) is 12.5 Å². The number of aryl methyl sites for hydroxylation is 1. The minimum atomic E-state index is -1.19. The van der Waals surface area contributed by atoms with Crippen molar-refractivity contribution in [2.75, 3.05) is 37.5 Å². The van der Waals surface area contributed by atoms with Gasteiger partial charge in [0.15, 0.2) is 0 Å². The SMILES string of the molecule is CNc1cc(NC(CO)(CO)CO)nc(C)n1. The lowest BCUT2D eigenvalue weighted by molar-refractivity contribution is 0.0831. The molecule has 17 heavy (non-hydrogen) atoms. The molecule has 1 heterocycles. The fourth-order valence-electron chi connectivity index (χ4n) is 1.30. The summed E-state index contributed by atoms with van der Waals surface area (Å²) in [7, 11) is 1.73. The molecule has 0 spiro atoms. The van der Waals surface area contributed by atoms with Crippen molar-refractivity contribution in [3.05, 3.63) is 11.9 Å². The van der Waals surface area contributed by atoms with E-state index in [-0.39, 0.29) is 0 Å². The van der Waals surface area contributed by atoms with Gasteiger partial charge in [-0.25, -0.2) is 9.97 Å². The van der Waals surface area contributed by atoms with Gasteiger partial charge in [0.1, 0.15) is 23.0 Å². The Morgan fingerprint density at radius 3 is 2.12 bits per heavy atom. The van der Waals surface area contributed by atoms with Crippen LogP contribution in [0.15, 0.2) is 6.07 Å². The number of aliphatic hydroxyl groups is 3. The number of hydrogen-bond acceptors (Lipinski definition) is 7. The molecule has 7 nitrogen and oxygen atoms in total. The summed E-state index contributed by atoms with van der Waals surface area (Å²) in [6.45, 7) is 0.512. The van der Waals surface area contributed by atoms with Crippen LogP contribution in [-0.2, 0) is 0 Å². The lowest BCUT2D eigenvalue weighted by atomic mass is 10.0. The first kappa shape index (κ1) is 13.6. The number of aliphatic hydroxyl groups excluding tert-OH is 3. The average Bonchev–Trinajstić information content (AvgIpc) is 2.35. The van der Waals surface area contributed by atoms with Crippen molar-refractivity contribution in [2.24, 2.45) is 0 Å². The predicted octanol–water partition coefficient (Wildman–Crippen LogP) is -1.05. The highest BCUT2D eigenvalue weighted by Crippen LogP contribution is 2.16. The van der Waals surface area contributed by atoms with Gasteiger partial charge >= 0.3 is 0 Å². The molecular formula is C10H18N4O3. The summed E-state index contributed by atoms with van der Waals surface area (Å²) in [5.74, 6) is 1.59. The largest absolute Gasteiger partial charge is 0.394 e. The van der Waals surface area contributed by atoms with Crippen LogP contribution in [0.3, 0.4) is 0 Å². The maximum atomic E-state index is 9.19. The van der Waals surface area contributed by atoms with E-state index in [9.17, 15) is 15.3 Å². The van der Waals surface area contributed by atoms with Crippen LogP contribution in [-0.4, -0.2) is 57.7 Å². The first-order valence-electron chi connectivity index (χ1n) is 5.23. The summed E-state index contributed by atoms with van der Waals surface area (Å²) in [5, 5.41) is 33.3. The molecule has 5 N–H and O–H groups in total. The summed E-state index contributed by atoms with van der Waals surface area (Å²) in [5.41, 5.74) is -1.19. The molecule has 96 valence electrons. The molecule has 7 heteroatoms. The van der Waals surface area contributed by atoms with Crippen LogP contribution in [0.4, 0.5) is 11.6 Å². The van der Waals surface area contributed by atoms with Gasteiger partial charge in [0.05, 0.1) is 19.8 Å². The highest BCUT2D eigenvalue weighted by atomic mass is 16.3. The third-order valence-corrected chi connectivity index (χ3v) is 2.40. The Kier molecular flexibility index (Phi) is 4.62. The van der Waals surface area contributed by atoms with E-state index in [0.717, 1.165) is 0 Å². The number of anilines is 2. The van der Waals surface area contributed by atoms with Crippen LogP contribution in [0, 0.1) is 6.92 Å². The van der Waals surface area contributed by atoms with Gasteiger partial charge in [0.2, 0.25) is 0 Å². The smallest absolute Gasteiger partial charge is 0.132 e. The molecule has 0 bridgehead atoms. The molecule has 0 aliphatic carbocycles. The Labute approximate surface area is 99.5 Å². The first-order chi connectivity index (χ1) is 8.09. The highest BCUT2D eigenvalue weighted by molar-refractivity contribution is 5.48. The van der Waals surface area contributed by atoms with E-state index < -0.39 is 25.4 Å². The molecule has 0 saturated heterocycles. The molecular weight excluding hydrogens is 224 g/mol. The lowest BCUT2D eigenvalue weighted by Gasteiger charge is -2.29. The van der Waals surface area contributed by atoms with Gasteiger partial charge in [-0.15, -0.1) is 0 Å². The number of nitrogens with one attached hydrogen (secondary N) is 2. The zero-order chi connectivity index (χ0) is 12.9. The normalized spacial score (nSPS) is 11.4. The van der Waals surface area contributed by atoms with E-state index in [2.05, 4.69) is 20.6 Å². The molecule has 1 aromatic heterocycles. The Balaban J connectivity index is 2.96. The van der Waals surface area contributed by atoms with Crippen LogP contribution in [0.2, 0.25) is 0 Å². The standard InChI is InChI=1S/C10H18N4O3/c1-7-12-8(11-2)3-9(13-7)14-10(4-15,5-16)6-17/h3,15-17H,4-6H2,1-2H3,(H2,11,12,13,14). The maximum absolute atomic E-state index is 9.19. The zero-order valence-electron chi connectivity index (χ0n) is 9.93. The van der Waals surface area contributed by atoms with E-state index in [1.807, 2.05) is 0 Å². The second kappa shape index (κ2) is 5.76. The van der Waals surface area contributed by atoms with Gasteiger partial charge in [-0.05, 0) is 6.92 Å². The molecule has 0 amide bonds. The van der Waals surface area contributed by atoms with Crippen molar-refractivity contribution >= 4 is 11.6 Å². The minimum absolute atomic E-state index is 0.405. The number of aromatic nitrogens is 2. The molecule has 0 radical (unpaired) electrons. The van der Waals surface area contributed by atoms with E-state index in [0.29, 0.717) is 17.5 Å². The van der Waals surface area contributed by atoms with Gasteiger partial charge < -0.3 is 26.0 Å². The average molecular weight is 242 g/mol. The lowest BCUT2D eigenvalue weighted by Crippen LogP contribution is -2.49. The summed E-state index contributed by atoms with van der Waals surface area (Å²) >= 11 is 0.